The molecule has 1 saturated heterocycles. The minimum atomic E-state index is -3.72. The van der Waals surface area contributed by atoms with Gasteiger partial charge >= 0.3 is 5.97 Å². The van der Waals surface area contributed by atoms with Crippen LogP contribution in [0.2, 0.25) is 0 Å². The van der Waals surface area contributed by atoms with Crippen LogP contribution in [0.1, 0.15) is 20.7 Å². The number of furan rings is 1. The van der Waals surface area contributed by atoms with E-state index in [1.165, 1.54) is 41.1 Å². The van der Waals surface area contributed by atoms with Gasteiger partial charge in [0.05, 0.1) is 22.3 Å². The second-order valence-electron chi connectivity index (χ2n) is 5.54. The molecule has 1 N–H and O–H groups in total. The lowest BCUT2D eigenvalue weighted by atomic mass is 10.2. The van der Waals surface area contributed by atoms with Crippen molar-refractivity contribution in [1.29, 1.82) is 0 Å². The Balaban J connectivity index is 1.69. The van der Waals surface area contributed by atoms with Gasteiger partial charge < -0.3 is 14.4 Å². The van der Waals surface area contributed by atoms with Gasteiger partial charge in [-0.15, -0.1) is 0 Å². The summed E-state index contributed by atoms with van der Waals surface area (Å²) >= 11 is 0. The number of piperazine rings is 1. The number of amides is 1. The molecular formula is C16H16N2O6S. The van der Waals surface area contributed by atoms with Crippen LogP contribution >= 0.6 is 0 Å². The van der Waals surface area contributed by atoms with Gasteiger partial charge in [0.15, 0.2) is 0 Å². The lowest BCUT2D eigenvalue weighted by molar-refractivity contribution is 0.0689. The highest BCUT2D eigenvalue weighted by Gasteiger charge is 2.30. The lowest BCUT2D eigenvalue weighted by Crippen LogP contribution is -2.50. The van der Waals surface area contributed by atoms with Crippen LogP contribution in [0.5, 0.6) is 0 Å². The van der Waals surface area contributed by atoms with Crippen molar-refractivity contribution in [1.82, 2.24) is 9.21 Å². The molecule has 0 spiro atoms. The molecule has 8 nitrogen and oxygen atoms in total. The first-order chi connectivity index (χ1) is 11.9. The van der Waals surface area contributed by atoms with Crippen molar-refractivity contribution in [3.8, 4) is 0 Å². The zero-order chi connectivity index (χ0) is 18.0. The predicted octanol–water partition coefficient (Wildman–Crippen LogP) is 1.12. The fourth-order valence-corrected chi connectivity index (χ4v) is 4.04. The molecule has 9 heteroatoms. The number of carboxylic acid groups (broad SMARTS) is 1. The van der Waals surface area contributed by atoms with Crippen LogP contribution in [-0.2, 0) is 10.0 Å². The quantitative estimate of drug-likeness (QED) is 0.871. The van der Waals surface area contributed by atoms with E-state index in [1.54, 1.807) is 11.0 Å². The molecule has 132 valence electrons. The standard InChI is InChI=1S/C16H16N2O6S/c19-15(13-5-10-24-11-13)17-6-8-18(9-7-17)25(22,23)14-3-1-12(2-4-14)16(20)21/h1-5,10-11H,6-9H2,(H,20,21). The Hall–Kier alpha value is -2.65. The number of nitrogens with zero attached hydrogens (tertiary/aromatic N) is 2. The van der Waals surface area contributed by atoms with E-state index >= 15 is 0 Å². The molecule has 25 heavy (non-hydrogen) atoms. The predicted molar refractivity (Wildman–Crippen MR) is 86.8 cm³/mol. The number of benzene rings is 1. The molecule has 1 aliphatic heterocycles. The van der Waals surface area contributed by atoms with Crippen LogP contribution in [0, 0.1) is 0 Å². The van der Waals surface area contributed by atoms with E-state index in [0.29, 0.717) is 5.56 Å². The Kier molecular flexibility index (Phi) is 4.60. The molecule has 1 aromatic carbocycles. The van der Waals surface area contributed by atoms with E-state index < -0.39 is 16.0 Å². The van der Waals surface area contributed by atoms with Gasteiger partial charge in [-0.05, 0) is 30.3 Å². The Labute approximate surface area is 144 Å². The number of aromatic carboxylic acids is 1. The minimum Gasteiger partial charge on any atom is -0.478 e. The number of carbonyl (C=O) groups is 2. The molecule has 0 atom stereocenters. The Morgan fingerprint density at radius 1 is 0.960 bits per heavy atom. The zero-order valence-electron chi connectivity index (χ0n) is 13.2. The number of carbonyl (C=O) groups excluding carboxylic acids is 1. The summed E-state index contributed by atoms with van der Waals surface area (Å²) in [5, 5.41) is 8.88. The molecule has 1 aliphatic rings. The molecule has 0 radical (unpaired) electrons. The zero-order valence-corrected chi connectivity index (χ0v) is 14.0. The average Bonchev–Trinajstić information content (AvgIpc) is 3.16. The van der Waals surface area contributed by atoms with Crippen molar-refractivity contribution in [2.75, 3.05) is 26.2 Å². The van der Waals surface area contributed by atoms with Crippen LogP contribution in [0.15, 0.2) is 52.2 Å². The lowest BCUT2D eigenvalue weighted by Gasteiger charge is -2.33. The smallest absolute Gasteiger partial charge is 0.335 e. The molecule has 0 bridgehead atoms. The van der Waals surface area contributed by atoms with Gasteiger partial charge in [0, 0.05) is 26.2 Å². The largest absolute Gasteiger partial charge is 0.478 e. The van der Waals surface area contributed by atoms with Crippen molar-refractivity contribution in [3.63, 3.8) is 0 Å². The van der Waals surface area contributed by atoms with Gasteiger partial charge in [0.2, 0.25) is 10.0 Å². The highest BCUT2D eigenvalue weighted by Crippen LogP contribution is 2.19. The highest BCUT2D eigenvalue weighted by atomic mass is 32.2. The maximum atomic E-state index is 12.6. The molecule has 3 rings (SSSR count). The first kappa shape index (κ1) is 17.2. The summed E-state index contributed by atoms with van der Waals surface area (Å²) in [7, 11) is -3.72. The van der Waals surface area contributed by atoms with Crippen LogP contribution < -0.4 is 0 Å². The van der Waals surface area contributed by atoms with E-state index in [0.717, 1.165) is 0 Å². The molecular weight excluding hydrogens is 348 g/mol. The van der Waals surface area contributed by atoms with Crippen LogP contribution in [0.25, 0.3) is 0 Å². The van der Waals surface area contributed by atoms with Crippen LogP contribution in [-0.4, -0.2) is 60.8 Å². The summed E-state index contributed by atoms with van der Waals surface area (Å²) in [6.07, 6.45) is 2.77. The van der Waals surface area contributed by atoms with Crippen molar-refractivity contribution < 1.29 is 27.5 Å². The second-order valence-corrected chi connectivity index (χ2v) is 7.48. The Morgan fingerprint density at radius 2 is 1.60 bits per heavy atom. The summed E-state index contributed by atoms with van der Waals surface area (Å²) in [5.41, 5.74) is 0.454. The van der Waals surface area contributed by atoms with Gasteiger partial charge in [0.25, 0.3) is 5.91 Å². The van der Waals surface area contributed by atoms with Gasteiger partial charge in [-0.1, -0.05) is 0 Å². The average molecular weight is 364 g/mol. The topological polar surface area (TPSA) is 108 Å². The molecule has 2 aromatic rings. The fraction of sp³-hybridized carbons (Fsp3) is 0.250. The number of hydrogen-bond acceptors (Lipinski definition) is 5. The Morgan fingerprint density at radius 3 is 2.12 bits per heavy atom. The van der Waals surface area contributed by atoms with Gasteiger partial charge in [0.1, 0.15) is 6.26 Å². The first-order valence-corrected chi connectivity index (χ1v) is 8.98. The van der Waals surface area contributed by atoms with Crippen molar-refractivity contribution in [3.05, 3.63) is 54.0 Å². The maximum Gasteiger partial charge on any atom is 0.335 e. The van der Waals surface area contributed by atoms with Crippen molar-refractivity contribution in [2.24, 2.45) is 0 Å². The summed E-state index contributed by atoms with van der Waals surface area (Å²) in [4.78, 5) is 24.7. The second kappa shape index (κ2) is 6.69. The van der Waals surface area contributed by atoms with E-state index in [9.17, 15) is 18.0 Å². The number of hydrogen-bond donors (Lipinski definition) is 1. The SMILES string of the molecule is O=C(O)c1ccc(S(=O)(=O)N2CCN(C(=O)c3ccoc3)CC2)cc1. The third-order valence-corrected chi connectivity index (χ3v) is 5.95. The minimum absolute atomic E-state index is 0.0227. The summed E-state index contributed by atoms with van der Waals surface area (Å²) in [6, 6.07) is 6.64. The van der Waals surface area contributed by atoms with E-state index in [-0.39, 0.29) is 42.5 Å². The number of carboxylic acids is 1. The summed E-state index contributed by atoms with van der Waals surface area (Å²) < 4.78 is 31.5. The molecule has 1 amide bonds. The summed E-state index contributed by atoms with van der Waals surface area (Å²) in [5.74, 6) is -1.31. The first-order valence-electron chi connectivity index (χ1n) is 7.54. The molecule has 2 heterocycles. The molecule has 0 aliphatic carbocycles. The normalized spacial score (nSPS) is 15.9. The van der Waals surface area contributed by atoms with E-state index in [2.05, 4.69) is 0 Å². The monoisotopic (exact) mass is 364 g/mol. The van der Waals surface area contributed by atoms with Crippen molar-refractivity contribution >= 4 is 21.9 Å². The molecule has 1 aromatic heterocycles. The molecule has 0 saturated carbocycles. The third kappa shape index (κ3) is 3.42. The summed E-state index contributed by atoms with van der Waals surface area (Å²) in [6.45, 7) is 0.895. The number of sulfonamides is 1. The molecule has 0 unspecified atom stereocenters. The van der Waals surface area contributed by atoms with Gasteiger partial charge in [-0.2, -0.15) is 4.31 Å². The highest BCUT2D eigenvalue weighted by molar-refractivity contribution is 7.89. The number of rotatable bonds is 4. The third-order valence-electron chi connectivity index (χ3n) is 4.03. The van der Waals surface area contributed by atoms with Gasteiger partial charge in [-0.25, -0.2) is 13.2 Å². The van der Waals surface area contributed by atoms with Crippen molar-refractivity contribution in [2.45, 2.75) is 4.90 Å². The van der Waals surface area contributed by atoms with Gasteiger partial charge in [-0.3, -0.25) is 4.79 Å². The van der Waals surface area contributed by atoms with E-state index in [1.807, 2.05) is 0 Å². The molecule has 1 fully saturated rings. The maximum absolute atomic E-state index is 12.6. The Bertz CT molecular complexity index is 866. The van der Waals surface area contributed by atoms with E-state index in [4.69, 9.17) is 9.52 Å². The van der Waals surface area contributed by atoms with Crippen LogP contribution in [0.3, 0.4) is 0 Å². The fourth-order valence-electron chi connectivity index (χ4n) is 2.62. The van der Waals surface area contributed by atoms with Crippen LogP contribution in [0.4, 0.5) is 0 Å².